The van der Waals surface area contributed by atoms with Crippen LogP contribution in [0.3, 0.4) is 0 Å². The van der Waals surface area contributed by atoms with Gasteiger partial charge in [-0.15, -0.1) is 11.3 Å². The largest absolute Gasteiger partial charge is 0.342 e. The number of nitrogens with one attached hydrogen (secondary N) is 1. The number of hydrogen-bond acceptors (Lipinski definition) is 5. The van der Waals surface area contributed by atoms with Gasteiger partial charge in [0.05, 0.1) is 11.6 Å². The first-order valence-corrected chi connectivity index (χ1v) is 9.01. The molecule has 1 aliphatic heterocycles. The van der Waals surface area contributed by atoms with Crippen LogP contribution < -0.4 is 5.32 Å². The fraction of sp³-hybridized carbons (Fsp3) is 0.412. The van der Waals surface area contributed by atoms with Crippen molar-refractivity contribution in [3.8, 4) is 11.4 Å². The Morgan fingerprint density at radius 1 is 1.38 bits per heavy atom. The van der Waals surface area contributed by atoms with Crippen LogP contribution in [-0.2, 0) is 9.59 Å². The number of amides is 2. The molecule has 1 atom stereocenters. The Labute approximate surface area is 144 Å². The maximum absolute atomic E-state index is 12.5. The summed E-state index contributed by atoms with van der Waals surface area (Å²) in [7, 11) is 0. The first kappa shape index (κ1) is 16.6. The summed E-state index contributed by atoms with van der Waals surface area (Å²) >= 11 is 1.38. The highest BCUT2D eigenvalue weighted by Crippen LogP contribution is 2.25. The molecule has 1 fully saturated rings. The number of nitrogens with zero attached hydrogens (tertiary/aromatic N) is 3. The Morgan fingerprint density at radius 3 is 3.00 bits per heavy atom. The minimum absolute atomic E-state index is 0.0643. The number of carbonyl (C=O) groups excluding carboxylic acids is 2. The van der Waals surface area contributed by atoms with E-state index in [4.69, 9.17) is 0 Å². The standard InChI is InChI=1S/C17H20N4O2S/c1-2-15(22)21-9-5-6-12(10-21)16(23)20-17-19-14(11-24-17)13-7-3-4-8-18-13/h3-4,7-8,11-12H,2,5-6,9-10H2,1H3,(H,19,20,23). The van der Waals surface area contributed by atoms with E-state index in [1.165, 1.54) is 11.3 Å². The van der Waals surface area contributed by atoms with E-state index in [9.17, 15) is 9.59 Å². The third-order valence-corrected chi connectivity index (χ3v) is 4.87. The van der Waals surface area contributed by atoms with E-state index in [1.54, 1.807) is 11.1 Å². The second-order valence-electron chi connectivity index (χ2n) is 5.77. The first-order chi connectivity index (χ1) is 11.7. The molecule has 0 aliphatic carbocycles. The van der Waals surface area contributed by atoms with Crippen molar-refractivity contribution in [1.82, 2.24) is 14.9 Å². The highest BCUT2D eigenvalue weighted by Gasteiger charge is 2.28. The van der Waals surface area contributed by atoms with Crippen LogP contribution >= 0.6 is 11.3 Å². The van der Waals surface area contributed by atoms with Gasteiger partial charge in [0.15, 0.2) is 5.13 Å². The van der Waals surface area contributed by atoms with Crippen LogP contribution in [0.1, 0.15) is 26.2 Å². The summed E-state index contributed by atoms with van der Waals surface area (Å²) in [5.41, 5.74) is 1.54. The van der Waals surface area contributed by atoms with Crippen LogP contribution in [-0.4, -0.2) is 39.8 Å². The van der Waals surface area contributed by atoms with Crippen molar-refractivity contribution in [2.45, 2.75) is 26.2 Å². The van der Waals surface area contributed by atoms with Gasteiger partial charge in [0.1, 0.15) is 5.69 Å². The summed E-state index contributed by atoms with van der Waals surface area (Å²) in [6.45, 7) is 3.09. The Hall–Kier alpha value is -2.28. The van der Waals surface area contributed by atoms with Crippen LogP contribution in [0.4, 0.5) is 5.13 Å². The second kappa shape index (κ2) is 7.53. The summed E-state index contributed by atoms with van der Waals surface area (Å²) < 4.78 is 0. The summed E-state index contributed by atoms with van der Waals surface area (Å²) in [4.78, 5) is 34.8. The highest BCUT2D eigenvalue weighted by molar-refractivity contribution is 7.14. The molecule has 24 heavy (non-hydrogen) atoms. The molecule has 7 heteroatoms. The Bertz CT molecular complexity index is 716. The monoisotopic (exact) mass is 344 g/mol. The van der Waals surface area contributed by atoms with Crippen molar-refractivity contribution in [3.05, 3.63) is 29.8 Å². The lowest BCUT2D eigenvalue weighted by atomic mass is 9.97. The molecule has 0 radical (unpaired) electrons. The Balaban J connectivity index is 1.63. The van der Waals surface area contributed by atoms with E-state index in [-0.39, 0.29) is 17.7 Å². The number of hydrogen-bond donors (Lipinski definition) is 1. The number of thiazole rings is 1. The second-order valence-corrected chi connectivity index (χ2v) is 6.63. The quantitative estimate of drug-likeness (QED) is 0.925. The van der Waals surface area contributed by atoms with Gasteiger partial charge in [0.2, 0.25) is 11.8 Å². The molecule has 1 saturated heterocycles. The molecule has 1 aliphatic rings. The fourth-order valence-electron chi connectivity index (χ4n) is 2.81. The van der Waals surface area contributed by atoms with Crippen molar-refractivity contribution in [3.63, 3.8) is 0 Å². The zero-order chi connectivity index (χ0) is 16.9. The molecule has 3 heterocycles. The zero-order valence-electron chi connectivity index (χ0n) is 13.6. The average Bonchev–Trinajstić information content (AvgIpc) is 3.10. The molecule has 2 aromatic rings. The number of piperidine rings is 1. The number of anilines is 1. The van der Waals surface area contributed by atoms with Gasteiger partial charge < -0.3 is 10.2 Å². The highest BCUT2D eigenvalue weighted by atomic mass is 32.1. The third-order valence-electron chi connectivity index (χ3n) is 4.11. The molecule has 1 N–H and O–H groups in total. The number of rotatable bonds is 4. The minimum atomic E-state index is -0.170. The van der Waals surface area contributed by atoms with Crippen LogP contribution in [0.15, 0.2) is 29.8 Å². The molecular formula is C17H20N4O2S. The molecule has 6 nitrogen and oxygen atoms in total. The zero-order valence-corrected chi connectivity index (χ0v) is 14.4. The van der Waals surface area contributed by atoms with Gasteiger partial charge >= 0.3 is 0 Å². The van der Waals surface area contributed by atoms with Crippen LogP contribution in [0.5, 0.6) is 0 Å². The maximum atomic E-state index is 12.5. The van der Waals surface area contributed by atoms with Crippen molar-refractivity contribution < 1.29 is 9.59 Å². The van der Waals surface area contributed by atoms with Crippen LogP contribution in [0.25, 0.3) is 11.4 Å². The van der Waals surface area contributed by atoms with Gasteiger partial charge in [0, 0.05) is 31.1 Å². The maximum Gasteiger partial charge on any atom is 0.231 e. The molecule has 2 aromatic heterocycles. The summed E-state index contributed by atoms with van der Waals surface area (Å²) in [6, 6.07) is 5.64. The lowest BCUT2D eigenvalue weighted by Crippen LogP contribution is -2.43. The lowest BCUT2D eigenvalue weighted by molar-refractivity contribution is -0.134. The number of likely N-dealkylation sites (tertiary alicyclic amines) is 1. The SMILES string of the molecule is CCC(=O)N1CCCC(C(=O)Nc2nc(-c3ccccn3)cs2)C1. The van der Waals surface area contributed by atoms with Crippen LogP contribution in [0, 0.1) is 5.92 Å². The van der Waals surface area contributed by atoms with Gasteiger partial charge in [-0.05, 0) is 25.0 Å². The van der Waals surface area contributed by atoms with E-state index in [1.807, 2.05) is 30.5 Å². The fourth-order valence-corrected chi connectivity index (χ4v) is 3.52. The summed E-state index contributed by atoms with van der Waals surface area (Å²) in [6.07, 6.45) is 3.86. The predicted octanol–water partition coefficient (Wildman–Crippen LogP) is 2.79. The van der Waals surface area contributed by atoms with Crippen molar-refractivity contribution >= 4 is 28.3 Å². The van der Waals surface area contributed by atoms with E-state index in [0.717, 1.165) is 30.8 Å². The number of aromatic nitrogens is 2. The smallest absolute Gasteiger partial charge is 0.231 e. The minimum Gasteiger partial charge on any atom is -0.342 e. The van der Waals surface area contributed by atoms with E-state index in [0.29, 0.717) is 18.1 Å². The van der Waals surface area contributed by atoms with Crippen molar-refractivity contribution in [1.29, 1.82) is 0 Å². The topological polar surface area (TPSA) is 75.2 Å². The third kappa shape index (κ3) is 3.79. The molecule has 0 aromatic carbocycles. The van der Waals surface area contributed by atoms with Crippen LogP contribution in [0.2, 0.25) is 0 Å². The van der Waals surface area contributed by atoms with Crippen molar-refractivity contribution in [2.24, 2.45) is 5.92 Å². The lowest BCUT2D eigenvalue weighted by Gasteiger charge is -2.31. The molecule has 126 valence electrons. The normalized spacial score (nSPS) is 17.5. The molecule has 2 amide bonds. The molecule has 0 spiro atoms. The van der Waals surface area contributed by atoms with E-state index in [2.05, 4.69) is 15.3 Å². The Kier molecular flexibility index (Phi) is 5.20. The molecule has 0 bridgehead atoms. The van der Waals surface area contributed by atoms with Gasteiger partial charge in [-0.1, -0.05) is 13.0 Å². The van der Waals surface area contributed by atoms with Gasteiger partial charge in [0.25, 0.3) is 0 Å². The number of carbonyl (C=O) groups is 2. The first-order valence-electron chi connectivity index (χ1n) is 8.13. The average molecular weight is 344 g/mol. The van der Waals surface area contributed by atoms with Crippen molar-refractivity contribution in [2.75, 3.05) is 18.4 Å². The summed E-state index contributed by atoms with van der Waals surface area (Å²) in [5, 5.41) is 5.33. The predicted molar refractivity (Wildman–Crippen MR) is 93.6 cm³/mol. The molecule has 0 saturated carbocycles. The molecule has 3 rings (SSSR count). The number of pyridine rings is 1. The molecular weight excluding hydrogens is 324 g/mol. The van der Waals surface area contributed by atoms with E-state index < -0.39 is 0 Å². The summed E-state index contributed by atoms with van der Waals surface area (Å²) in [5.74, 6) is -0.124. The van der Waals surface area contributed by atoms with E-state index >= 15 is 0 Å². The van der Waals surface area contributed by atoms with Gasteiger partial charge in [-0.3, -0.25) is 14.6 Å². The molecule has 1 unspecified atom stereocenters. The Morgan fingerprint density at radius 2 is 2.25 bits per heavy atom. The van der Waals surface area contributed by atoms with Gasteiger partial charge in [-0.2, -0.15) is 0 Å². The van der Waals surface area contributed by atoms with Gasteiger partial charge in [-0.25, -0.2) is 4.98 Å².